The summed E-state index contributed by atoms with van der Waals surface area (Å²) in [5, 5.41) is 2.48. The molecule has 0 bridgehead atoms. The van der Waals surface area contributed by atoms with Gasteiger partial charge in [0.2, 0.25) is 0 Å². The van der Waals surface area contributed by atoms with Gasteiger partial charge in [0.15, 0.2) is 11.6 Å². The third-order valence-corrected chi connectivity index (χ3v) is 12.7. The number of hydrogen-bond donors (Lipinski definition) is 0. The number of fused-ring (bicyclic) bond motifs is 11. The van der Waals surface area contributed by atoms with Crippen molar-refractivity contribution in [1.29, 1.82) is 0 Å². The molecule has 1 spiro atoms. The van der Waals surface area contributed by atoms with E-state index in [4.69, 9.17) is 19.7 Å². The van der Waals surface area contributed by atoms with Crippen molar-refractivity contribution >= 4 is 27.4 Å². The monoisotopic (exact) mass is 758 g/mol. The van der Waals surface area contributed by atoms with Gasteiger partial charge in [0.25, 0.3) is 0 Å². The van der Waals surface area contributed by atoms with Crippen LogP contribution >= 0.6 is 0 Å². The number of nitrogens with zero attached hydrogens (tertiary/aromatic N) is 4. The molecule has 2 aliphatic heterocycles. The molecular formula is C54H38N4O. The number of para-hydroxylation sites is 4. The van der Waals surface area contributed by atoms with Gasteiger partial charge in [-0.15, -0.1) is 0 Å². The zero-order valence-electron chi connectivity index (χ0n) is 32.7. The SMILES string of the molecule is Cc1nc(C2=CCC(c3ccccc3)C=C2)nc(-c2ccc(-c3c(C)ccc4c3-n3c5ccccc5c5cccc(c53)C43c4ccccc4Oc4ccccc43)cc2)n1. The summed E-state index contributed by atoms with van der Waals surface area (Å²) in [5.74, 6) is 4.19. The molecule has 1 atom stereocenters. The quantitative estimate of drug-likeness (QED) is 0.179. The third kappa shape index (κ3) is 4.88. The van der Waals surface area contributed by atoms with E-state index in [0.717, 1.165) is 45.7 Å². The predicted octanol–water partition coefficient (Wildman–Crippen LogP) is 12.8. The van der Waals surface area contributed by atoms with Crippen molar-refractivity contribution in [3.63, 3.8) is 0 Å². The molecule has 0 fully saturated rings. The Hall–Kier alpha value is -7.37. The second kappa shape index (κ2) is 12.8. The van der Waals surface area contributed by atoms with Crippen molar-refractivity contribution in [3.05, 3.63) is 221 Å². The Labute approximate surface area is 342 Å². The largest absolute Gasteiger partial charge is 0.457 e. The molecule has 0 N–H and O–H groups in total. The first-order valence-corrected chi connectivity index (χ1v) is 20.4. The van der Waals surface area contributed by atoms with Gasteiger partial charge in [-0.1, -0.05) is 158 Å². The van der Waals surface area contributed by atoms with Crippen molar-refractivity contribution in [2.75, 3.05) is 0 Å². The molecule has 0 amide bonds. The van der Waals surface area contributed by atoms with E-state index in [2.05, 4.69) is 187 Å². The highest BCUT2D eigenvalue weighted by Crippen LogP contribution is 2.61. The second-order valence-electron chi connectivity index (χ2n) is 15.9. The van der Waals surface area contributed by atoms with Crippen LogP contribution in [0.25, 0.3) is 55.6 Å². The van der Waals surface area contributed by atoms with Crippen molar-refractivity contribution < 1.29 is 4.74 Å². The molecule has 4 heterocycles. The van der Waals surface area contributed by atoms with Crippen molar-refractivity contribution in [3.8, 4) is 39.7 Å². The molecule has 2 aromatic heterocycles. The standard InChI is InChI=1S/C54H38N4O/c1-33-23-32-45-51(49(33)37-26-30-39(31-27-37)53-56-34(2)55-52(57-53)38-28-24-36(25-29-38)35-13-4-3-5-14-35)58-46-20-9-6-15-40(46)41-16-12-19-44(50(41)58)54(45)42-17-7-10-21-47(42)59-48-22-11-8-18-43(48)54/h3-24,26-32,36H,25H2,1-2H3. The minimum Gasteiger partial charge on any atom is -0.457 e. The smallest absolute Gasteiger partial charge is 0.163 e. The van der Waals surface area contributed by atoms with Gasteiger partial charge in [0.05, 0.1) is 22.1 Å². The molecule has 5 nitrogen and oxygen atoms in total. The van der Waals surface area contributed by atoms with Gasteiger partial charge in [-0.2, -0.15) is 0 Å². The first-order chi connectivity index (χ1) is 29.1. The van der Waals surface area contributed by atoms with Crippen molar-refractivity contribution in [1.82, 2.24) is 19.5 Å². The maximum Gasteiger partial charge on any atom is 0.163 e. The van der Waals surface area contributed by atoms with E-state index in [9.17, 15) is 0 Å². The fourth-order valence-corrected chi connectivity index (χ4v) is 10.1. The Morgan fingerprint density at radius 1 is 0.576 bits per heavy atom. The fourth-order valence-electron chi connectivity index (χ4n) is 10.1. The van der Waals surface area contributed by atoms with Crippen LogP contribution in [0.2, 0.25) is 0 Å². The minimum absolute atomic E-state index is 0.349. The number of aryl methyl sites for hydroxylation is 2. The number of aromatic nitrogens is 4. The molecule has 9 aromatic rings. The zero-order valence-corrected chi connectivity index (χ0v) is 32.7. The van der Waals surface area contributed by atoms with Crippen LogP contribution in [-0.4, -0.2) is 19.5 Å². The van der Waals surface area contributed by atoms with Crippen LogP contribution in [-0.2, 0) is 5.41 Å². The zero-order chi connectivity index (χ0) is 39.2. The maximum atomic E-state index is 6.70. The van der Waals surface area contributed by atoms with Crippen molar-refractivity contribution in [2.45, 2.75) is 31.6 Å². The molecule has 7 aromatic carbocycles. The number of allylic oxidation sites excluding steroid dienone is 4. The van der Waals surface area contributed by atoms with Gasteiger partial charge in [0, 0.05) is 44.5 Å². The van der Waals surface area contributed by atoms with Gasteiger partial charge in [0.1, 0.15) is 17.3 Å². The normalized spacial score (nSPS) is 15.7. The average molecular weight is 759 g/mol. The van der Waals surface area contributed by atoms with Crippen LogP contribution in [0, 0.1) is 13.8 Å². The Morgan fingerprint density at radius 3 is 2.00 bits per heavy atom. The summed E-state index contributed by atoms with van der Waals surface area (Å²) in [4.78, 5) is 14.7. The average Bonchev–Trinajstić information content (AvgIpc) is 3.63. The van der Waals surface area contributed by atoms with E-state index in [1.165, 1.54) is 55.3 Å². The Balaban J connectivity index is 1.05. The summed E-state index contributed by atoms with van der Waals surface area (Å²) < 4.78 is 9.24. The number of benzene rings is 7. The molecule has 5 heteroatoms. The summed E-state index contributed by atoms with van der Waals surface area (Å²) in [6.45, 7) is 4.19. The summed E-state index contributed by atoms with van der Waals surface area (Å²) in [5.41, 5.74) is 14.6. The topological polar surface area (TPSA) is 52.8 Å². The minimum atomic E-state index is -0.630. The van der Waals surface area contributed by atoms with Crippen LogP contribution in [0.4, 0.5) is 0 Å². The summed E-state index contributed by atoms with van der Waals surface area (Å²) >= 11 is 0. The summed E-state index contributed by atoms with van der Waals surface area (Å²) in [6, 6.07) is 57.0. The van der Waals surface area contributed by atoms with E-state index in [0.29, 0.717) is 23.4 Å². The van der Waals surface area contributed by atoms with E-state index >= 15 is 0 Å². The predicted molar refractivity (Wildman–Crippen MR) is 237 cm³/mol. The lowest BCUT2D eigenvalue weighted by Crippen LogP contribution is -2.38. The van der Waals surface area contributed by atoms with Crippen LogP contribution in [0.15, 0.2) is 176 Å². The summed E-state index contributed by atoms with van der Waals surface area (Å²) in [6.07, 6.45) is 7.59. The molecule has 1 unspecified atom stereocenters. The van der Waals surface area contributed by atoms with Gasteiger partial charge < -0.3 is 9.30 Å². The van der Waals surface area contributed by atoms with E-state index in [-0.39, 0.29) is 0 Å². The van der Waals surface area contributed by atoms with Gasteiger partial charge >= 0.3 is 0 Å². The summed E-state index contributed by atoms with van der Waals surface area (Å²) in [7, 11) is 0. The highest BCUT2D eigenvalue weighted by Gasteiger charge is 2.50. The molecule has 1 aliphatic carbocycles. The van der Waals surface area contributed by atoms with Crippen LogP contribution in [0.1, 0.15) is 57.4 Å². The molecule has 0 saturated carbocycles. The lowest BCUT2D eigenvalue weighted by Gasteiger charge is -2.45. The first-order valence-electron chi connectivity index (χ1n) is 20.4. The molecule has 3 aliphatic rings. The molecule has 59 heavy (non-hydrogen) atoms. The first kappa shape index (κ1) is 33.7. The molecule has 12 rings (SSSR count). The Bertz CT molecular complexity index is 3200. The lowest BCUT2D eigenvalue weighted by molar-refractivity contribution is 0.434. The molecular weight excluding hydrogens is 721 g/mol. The highest BCUT2D eigenvalue weighted by atomic mass is 16.5. The van der Waals surface area contributed by atoms with Gasteiger partial charge in [-0.3, -0.25) is 0 Å². The molecule has 0 saturated heterocycles. The molecule has 0 radical (unpaired) electrons. The number of hydrogen-bond acceptors (Lipinski definition) is 4. The maximum absolute atomic E-state index is 6.70. The van der Waals surface area contributed by atoms with Crippen LogP contribution < -0.4 is 4.74 Å². The van der Waals surface area contributed by atoms with Crippen molar-refractivity contribution in [2.24, 2.45) is 0 Å². The number of rotatable bonds is 4. The van der Waals surface area contributed by atoms with E-state index in [1.807, 2.05) is 6.92 Å². The fraction of sp³-hybridized carbons (Fsp3) is 0.0926. The van der Waals surface area contributed by atoms with Crippen LogP contribution in [0.5, 0.6) is 11.5 Å². The van der Waals surface area contributed by atoms with Crippen LogP contribution in [0.3, 0.4) is 0 Å². The lowest BCUT2D eigenvalue weighted by atomic mass is 9.61. The van der Waals surface area contributed by atoms with E-state index < -0.39 is 5.41 Å². The van der Waals surface area contributed by atoms with Gasteiger partial charge in [-0.05, 0) is 66.3 Å². The van der Waals surface area contributed by atoms with Gasteiger partial charge in [-0.25, -0.2) is 15.0 Å². The second-order valence-corrected chi connectivity index (χ2v) is 15.9. The van der Waals surface area contributed by atoms with E-state index in [1.54, 1.807) is 0 Å². The Kier molecular flexibility index (Phi) is 7.33. The highest BCUT2D eigenvalue weighted by molar-refractivity contribution is 6.13. The molecule has 280 valence electrons. The Morgan fingerprint density at radius 2 is 1.24 bits per heavy atom. The third-order valence-electron chi connectivity index (χ3n) is 12.7. The number of ether oxygens (including phenoxy) is 1.